The van der Waals surface area contributed by atoms with Gasteiger partial charge in [0.15, 0.2) is 11.5 Å². The van der Waals surface area contributed by atoms with Gasteiger partial charge in [0.25, 0.3) is 0 Å². The minimum atomic E-state index is -1.04. The third-order valence-corrected chi connectivity index (χ3v) is 3.55. The number of carboxylic acids is 1. The first kappa shape index (κ1) is 17.4. The van der Waals surface area contributed by atoms with Crippen LogP contribution in [-0.4, -0.2) is 43.9 Å². The average Bonchev–Trinajstić information content (AvgIpc) is 2.61. The number of aromatic carboxylic acids is 1. The van der Waals surface area contributed by atoms with E-state index < -0.39 is 5.97 Å². The van der Waals surface area contributed by atoms with Crippen LogP contribution in [0.25, 0.3) is 0 Å². The standard InChI is InChI=1S/C17H20N2O5/c1-5-19(16-12(17(20)21)7-6-8-18-16)11-9-13(22-2)15(24-4)14(10-11)23-3/h6-10H,5H2,1-4H3,(H,20,21). The molecule has 7 nitrogen and oxygen atoms in total. The lowest BCUT2D eigenvalue weighted by atomic mass is 10.2. The van der Waals surface area contributed by atoms with E-state index in [0.29, 0.717) is 35.3 Å². The van der Waals surface area contributed by atoms with Crippen LogP contribution in [0.3, 0.4) is 0 Å². The molecular weight excluding hydrogens is 312 g/mol. The van der Waals surface area contributed by atoms with Gasteiger partial charge in [-0.2, -0.15) is 0 Å². The molecule has 0 atom stereocenters. The fourth-order valence-electron chi connectivity index (χ4n) is 2.46. The number of anilines is 2. The van der Waals surface area contributed by atoms with E-state index in [1.165, 1.54) is 27.4 Å². The summed E-state index contributed by atoms with van der Waals surface area (Å²) in [6.45, 7) is 2.42. The van der Waals surface area contributed by atoms with Gasteiger partial charge < -0.3 is 24.2 Å². The number of benzene rings is 1. The predicted molar refractivity (Wildman–Crippen MR) is 90.0 cm³/mol. The van der Waals surface area contributed by atoms with Crippen molar-refractivity contribution in [2.24, 2.45) is 0 Å². The largest absolute Gasteiger partial charge is 0.493 e. The van der Waals surface area contributed by atoms with Gasteiger partial charge >= 0.3 is 5.97 Å². The van der Waals surface area contributed by atoms with Gasteiger partial charge in [-0.1, -0.05) is 0 Å². The average molecular weight is 332 g/mol. The second kappa shape index (κ2) is 7.54. The molecular formula is C17H20N2O5. The van der Waals surface area contributed by atoms with Crippen molar-refractivity contribution in [3.63, 3.8) is 0 Å². The van der Waals surface area contributed by atoms with Crippen LogP contribution in [0.15, 0.2) is 30.5 Å². The third kappa shape index (κ3) is 3.19. The van der Waals surface area contributed by atoms with Crippen molar-refractivity contribution >= 4 is 17.5 Å². The molecule has 1 N–H and O–H groups in total. The highest BCUT2D eigenvalue weighted by molar-refractivity contribution is 5.94. The highest BCUT2D eigenvalue weighted by atomic mass is 16.5. The Hall–Kier alpha value is -2.96. The highest BCUT2D eigenvalue weighted by Crippen LogP contribution is 2.42. The maximum Gasteiger partial charge on any atom is 0.339 e. The van der Waals surface area contributed by atoms with E-state index in [0.717, 1.165) is 0 Å². The Morgan fingerprint density at radius 1 is 1.17 bits per heavy atom. The van der Waals surface area contributed by atoms with Crippen molar-refractivity contribution in [3.05, 3.63) is 36.0 Å². The van der Waals surface area contributed by atoms with E-state index >= 15 is 0 Å². The van der Waals surface area contributed by atoms with Crippen molar-refractivity contribution in [1.82, 2.24) is 4.98 Å². The molecule has 24 heavy (non-hydrogen) atoms. The van der Waals surface area contributed by atoms with Gasteiger partial charge in [0.1, 0.15) is 11.4 Å². The molecule has 0 aliphatic heterocycles. The maximum atomic E-state index is 11.5. The van der Waals surface area contributed by atoms with Gasteiger partial charge in [-0.05, 0) is 19.1 Å². The lowest BCUT2D eigenvalue weighted by Gasteiger charge is -2.25. The molecule has 0 fully saturated rings. The van der Waals surface area contributed by atoms with E-state index in [4.69, 9.17) is 14.2 Å². The minimum absolute atomic E-state index is 0.119. The van der Waals surface area contributed by atoms with Gasteiger partial charge in [0.2, 0.25) is 5.75 Å². The van der Waals surface area contributed by atoms with Crippen molar-refractivity contribution < 1.29 is 24.1 Å². The van der Waals surface area contributed by atoms with Crippen molar-refractivity contribution in [2.45, 2.75) is 6.92 Å². The number of rotatable bonds is 7. The van der Waals surface area contributed by atoms with Crippen molar-refractivity contribution in [1.29, 1.82) is 0 Å². The molecule has 0 spiro atoms. The molecule has 0 saturated carbocycles. The SMILES string of the molecule is CCN(c1cc(OC)c(OC)c(OC)c1)c1ncccc1C(=O)O. The molecule has 0 aliphatic carbocycles. The maximum absolute atomic E-state index is 11.5. The van der Waals surface area contributed by atoms with Crippen LogP contribution in [-0.2, 0) is 0 Å². The summed E-state index contributed by atoms with van der Waals surface area (Å²) in [6.07, 6.45) is 1.56. The van der Waals surface area contributed by atoms with Gasteiger partial charge in [-0.25, -0.2) is 9.78 Å². The Kier molecular flexibility index (Phi) is 5.47. The number of methoxy groups -OCH3 is 3. The van der Waals surface area contributed by atoms with Crippen LogP contribution in [0.1, 0.15) is 17.3 Å². The molecule has 2 rings (SSSR count). The summed E-state index contributed by atoms with van der Waals surface area (Å²) in [6, 6.07) is 6.62. The van der Waals surface area contributed by atoms with E-state index in [-0.39, 0.29) is 5.56 Å². The van der Waals surface area contributed by atoms with Gasteiger partial charge in [-0.15, -0.1) is 0 Å². The number of ether oxygens (including phenoxy) is 3. The monoisotopic (exact) mass is 332 g/mol. The highest BCUT2D eigenvalue weighted by Gasteiger charge is 2.21. The Bertz CT molecular complexity index is 708. The summed E-state index contributed by atoms with van der Waals surface area (Å²) in [4.78, 5) is 17.5. The zero-order valence-corrected chi connectivity index (χ0v) is 14.1. The van der Waals surface area contributed by atoms with Crippen LogP contribution in [0.2, 0.25) is 0 Å². The molecule has 0 unspecified atom stereocenters. The molecule has 1 aromatic heterocycles. The van der Waals surface area contributed by atoms with Crippen molar-refractivity contribution in [2.75, 3.05) is 32.8 Å². The molecule has 2 aromatic rings. The first-order valence-corrected chi connectivity index (χ1v) is 7.33. The number of aromatic nitrogens is 1. The van der Waals surface area contributed by atoms with Crippen LogP contribution < -0.4 is 19.1 Å². The second-order valence-electron chi connectivity index (χ2n) is 4.81. The normalized spacial score (nSPS) is 10.2. The van der Waals surface area contributed by atoms with Gasteiger partial charge in [0.05, 0.1) is 21.3 Å². The second-order valence-corrected chi connectivity index (χ2v) is 4.81. The molecule has 0 amide bonds. The van der Waals surface area contributed by atoms with E-state index in [1.807, 2.05) is 6.92 Å². The lowest BCUT2D eigenvalue weighted by molar-refractivity contribution is 0.0697. The molecule has 1 aromatic carbocycles. The number of carboxylic acid groups (broad SMARTS) is 1. The summed E-state index contributed by atoms with van der Waals surface area (Å²) in [5, 5.41) is 9.40. The fraction of sp³-hybridized carbons (Fsp3) is 0.294. The Morgan fingerprint density at radius 3 is 2.25 bits per heavy atom. The first-order valence-electron chi connectivity index (χ1n) is 7.33. The zero-order chi connectivity index (χ0) is 17.7. The smallest absolute Gasteiger partial charge is 0.339 e. The van der Waals surface area contributed by atoms with Gasteiger partial charge in [-0.3, -0.25) is 0 Å². The molecule has 1 heterocycles. The first-order chi connectivity index (χ1) is 11.6. The molecule has 0 radical (unpaired) electrons. The van der Waals surface area contributed by atoms with Crippen LogP contribution >= 0.6 is 0 Å². The molecule has 7 heteroatoms. The Morgan fingerprint density at radius 2 is 1.79 bits per heavy atom. The third-order valence-electron chi connectivity index (χ3n) is 3.55. The van der Waals surface area contributed by atoms with E-state index in [1.54, 1.807) is 29.3 Å². The number of hydrogen-bond donors (Lipinski definition) is 1. The minimum Gasteiger partial charge on any atom is -0.493 e. The van der Waals surface area contributed by atoms with E-state index in [2.05, 4.69) is 4.98 Å². The number of nitrogens with zero attached hydrogens (tertiary/aromatic N) is 2. The van der Waals surface area contributed by atoms with Crippen LogP contribution in [0, 0.1) is 0 Å². The molecule has 0 aliphatic rings. The van der Waals surface area contributed by atoms with Gasteiger partial charge in [0, 0.05) is 30.6 Å². The predicted octanol–water partition coefficient (Wildman–Crippen LogP) is 2.96. The summed E-state index contributed by atoms with van der Waals surface area (Å²) in [7, 11) is 4.58. The van der Waals surface area contributed by atoms with E-state index in [9.17, 15) is 9.90 Å². The summed E-state index contributed by atoms with van der Waals surface area (Å²) >= 11 is 0. The number of carbonyl (C=O) groups is 1. The van der Waals surface area contributed by atoms with Crippen LogP contribution in [0.4, 0.5) is 11.5 Å². The lowest BCUT2D eigenvalue weighted by Crippen LogP contribution is -2.20. The summed E-state index contributed by atoms with van der Waals surface area (Å²) in [5.74, 6) is 0.751. The fourth-order valence-corrected chi connectivity index (χ4v) is 2.46. The Labute approximate surface area is 140 Å². The zero-order valence-electron chi connectivity index (χ0n) is 14.1. The quantitative estimate of drug-likeness (QED) is 0.834. The molecule has 0 saturated heterocycles. The number of pyridine rings is 1. The van der Waals surface area contributed by atoms with Crippen LogP contribution in [0.5, 0.6) is 17.2 Å². The molecule has 128 valence electrons. The summed E-state index contributed by atoms with van der Waals surface area (Å²) < 4.78 is 16.0. The van der Waals surface area contributed by atoms with Crippen molar-refractivity contribution in [3.8, 4) is 17.2 Å². The number of hydrogen-bond acceptors (Lipinski definition) is 6. The topological polar surface area (TPSA) is 81.1 Å². The Balaban J connectivity index is 2.62. The summed E-state index contributed by atoms with van der Waals surface area (Å²) in [5.41, 5.74) is 0.807. The molecule has 0 bridgehead atoms.